The normalized spacial score (nSPS) is 15.8. The Morgan fingerprint density at radius 1 is 1.19 bits per heavy atom. The van der Waals surface area contributed by atoms with Crippen molar-refractivity contribution in [2.75, 3.05) is 18.9 Å². The number of hydrogen-bond donors (Lipinski definition) is 2. The Morgan fingerprint density at radius 2 is 1.87 bits per heavy atom. The van der Waals surface area contributed by atoms with Crippen molar-refractivity contribution in [3.05, 3.63) is 53.1 Å². The van der Waals surface area contributed by atoms with Gasteiger partial charge in [-0.1, -0.05) is 36.8 Å². The van der Waals surface area contributed by atoms with E-state index >= 15 is 0 Å². The van der Waals surface area contributed by atoms with Crippen LogP contribution in [-0.4, -0.2) is 44.2 Å². The number of anilines is 1. The number of carbonyl (C=O) groups is 2. The molecular formula is C22H27N3O5S. The predicted octanol–water partition coefficient (Wildman–Crippen LogP) is 2.35. The summed E-state index contributed by atoms with van der Waals surface area (Å²) in [5, 5.41) is 5.48. The van der Waals surface area contributed by atoms with E-state index in [9.17, 15) is 18.0 Å². The molecule has 0 aliphatic carbocycles. The van der Waals surface area contributed by atoms with Crippen molar-refractivity contribution < 1.29 is 22.7 Å². The molecule has 0 radical (unpaired) electrons. The molecule has 0 fully saturated rings. The minimum Gasteiger partial charge on any atom is -0.478 e. The zero-order valence-electron chi connectivity index (χ0n) is 18.1. The average molecular weight is 446 g/mol. The van der Waals surface area contributed by atoms with Crippen LogP contribution in [0.2, 0.25) is 0 Å². The predicted molar refractivity (Wildman–Crippen MR) is 117 cm³/mol. The first-order valence-corrected chi connectivity index (χ1v) is 11.5. The molecule has 1 atom stereocenters. The summed E-state index contributed by atoms with van der Waals surface area (Å²) in [4.78, 5) is 24.3. The Labute approximate surface area is 182 Å². The number of benzene rings is 2. The Morgan fingerprint density at radius 3 is 2.52 bits per heavy atom. The molecule has 0 saturated heterocycles. The molecule has 2 aromatic carbocycles. The Hall–Kier alpha value is -2.91. The molecule has 2 aromatic rings. The zero-order valence-corrected chi connectivity index (χ0v) is 18.9. The molecule has 1 aliphatic heterocycles. The molecule has 0 saturated carbocycles. The summed E-state index contributed by atoms with van der Waals surface area (Å²) in [6, 6.07) is 10.7. The fraction of sp³-hybridized carbons (Fsp3) is 0.364. The highest BCUT2D eigenvalue weighted by atomic mass is 32.2. The SMILES string of the molecule is CC[C@@H]1Oc2cc(S(=O)(=O)N(C)CC(=O)NCc3ccc(C)cc3)c(C)cc2NC1=O. The van der Waals surface area contributed by atoms with Gasteiger partial charge >= 0.3 is 0 Å². The van der Waals surface area contributed by atoms with Crippen molar-refractivity contribution in [1.82, 2.24) is 9.62 Å². The van der Waals surface area contributed by atoms with Crippen LogP contribution in [0.1, 0.15) is 30.0 Å². The van der Waals surface area contributed by atoms with Crippen LogP contribution in [0.5, 0.6) is 5.75 Å². The van der Waals surface area contributed by atoms with Gasteiger partial charge in [0.25, 0.3) is 5.91 Å². The topological polar surface area (TPSA) is 105 Å². The lowest BCUT2D eigenvalue weighted by molar-refractivity contribution is -0.123. The number of amides is 2. The fourth-order valence-corrected chi connectivity index (χ4v) is 4.59. The minimum absolute atomic E-state index is 0.0334. The number of hydrogen-bond acceptors (Lipinski definition) is 5. The molecule has 31 heavy (non-hydrogen) atoms. The van der Waals surface area contributed by atoms with E-state index < -0.39 is 22.0 Å². The summed E-state index contributed by atoms with van der Waals surface area (Å²) in [6.45, 7) is 5.42. The van der Waals surface area contributed by atoms with Crippen molar-refractivity contribution in [2.24, 2.45) is 0 Å². The minimum atomic E-state index is -3.94. The molecule has 9 heteroatoms. The van der Waals surface area contributed by atoms with Gasteiger partial charge in [-0.05, 0) is 37.5 Å². The number of fused-ring (bicyclic) bond motifs is 1. The highest BCUT2D eigenvalue weighted by Gasteiger charge is 2.31. The van der Waals surface area contributed by atoms with Crippen molar-refractivity contribution in [3.63, 3.8) is 0 Å². The molecule has 0 unspecified atom stereocenters. The lowest BCUT2D eigenvalue weighted by atomic mass is 10.1. The molecular weight excluding hydrogens is 418 g/mol. The van der Waals surface area contributed by atoms with Crippen LogP contribution >= 0.6 is 0 Å². The standard InChI is InChI=1S/C22H27N3O5S/c1-5-18-22(27)24-17-10-15(3)20(11-19(17)30-18)31(28,29)25(4)13-21(26)23-12-16-8-6-14(2)7-9-16/h6-11,18H,5,12-13H2,1-4H3,(H,23,26)(H,24,27)/t18-/m0/s1. The molecule has 2 amide bonds. The maximum absolute atomic E-state index is 13.1. The van der Waals surface area contributed by atoms with E-state index in [2.05, 4.69) is 10.6 Å². The second-order valence-electron chi connectivity index (χ2n) is 7.64. The van der Waals surface area contributed by atoms with Gasteiger partial charge in [0.05, 0.1) is 17.1 Å². The number of ether oxygens (including phenoxy) is 1. The molecule has 2 N–H and O–H groups in total. The van der Waals surface area contributed by atoms with Gasteiger partial charge < -0.3 is 15.4 Å². The highest BCUT2D eigenvalue weighted by Crippen LogP contribution is 2.35. The summed E-state index contributed by atoms with van der Waals surface area (Å²) in [5.74, 6) is -0.364. The van der Waals surface area contributed by atoms with Gasteiger partial charge in [0, 0.05) is 19.7 Å². The molecule has 1 aliphatic rings. The van der Waals surface area contributed by atoms with Crippen molar-refractivity contribution in [1.29, 1.82) is 0 Å². The molecule has 0 spiro atoms. The van der Waals surface area contributed by atoms with E-state index in [0.29, 0.717) is 30.0 Å². The van der Waals surface area contributed by atoms with Gasteiger partial charge in [-0.25, -0.2) is 8.42 Å². The Kier molecular flexibility index (Phi) is 6.66. The van der Waals surface area contributed by atoms with Crippen LogP contribution in [0, 0.1) is 13.8 Å². The number of aryl methyl sites for hydroxylation is 2. The van der Waals surface area contributed by atoms with Gasteiger partial charge in [-0.2, -0.15) is 4.31 Å². The summed E-state index contributed by atoms with van der Waals surface area (Å²) >= 11 is 0. The third-order valence-electron chi connectivity index (χ3n) is 5.13. The van der Waals surface area contributed by atoms with E-state index in [1.165, 1.54) is 13.1 Å². The van der Waals surface area contributed by atoms with Gasteiger partial charge in [0.1, 0.15) is 5.75 Å². The Balaban J connectivity index is 1.72. The fourth-order valence-electron chi connectivity index (χ4n) is 3.25. The molecule has 3 rings (SSSR count). The summed E-state index contributed by atoms with van der Waals surface area (Å²) < 4.78 is 32.9. The lowest BCUT2D eigenvalue weighted by Gasteiger charge is -2.27. The first kappa shape index (κ1) is 22.8. The van der Waals surface area contributed by atoms with Crippen molar-refractivity contribution in [3.8, 4) is 5.75 Å². The van der Waals surface area contributed by atoms with E-state index in [1.54, 1.807) is 13.0 Å². The Bertz CT molecular complexity index is 1100. The second kappa shape index (κ2) is 9.07. The molecule has 0 bridgehead atoms. The first-order chi connectivity index (χ1) is 14.6. The van der Waals surface area contributed by atoms with E-state index in [4.69, 9.17) is 4.74 Å². The maximum atomic E-state index is 13.1. The zero-order chi connectivity index (χ0) is 22.8. The van der Waals surface area contributed by atoms with Gasteiger partial charge in [-0.15, -0.1) is 0 Å². The lowest BCUT2D eigenvalue weighted by Crippen LogP contribution is -2.39. The van der Waals surface area contributed by atoms with Gasteiger partial charge in [-0.3, -0.25) is 9.59 Å². The smallest absolute Gasteiger partial charge is 0.265 e. The maximum Gasteiger partial charge on any atom is 0.265 e. The molecule has 0 aromatic heterocycles. The summed E-state index contributed by atoms with van der Waals surface area (Å²) in [6.07, 6.45) is -0.210. The first-order valence-electron chi connectivity index (χ1n) is 10.0. The van der Waals surface area contributed by atoms with Gasteiger partial charge in [0.15, 0.2) is 6.10 Å². The van der Waals surface area contributed by atoms with Crippen molar-refractivity contribution in [2.45, 2.75) is 44.7 Å². The number of sulfonamides is 1. The third-order valence-corrected chi connectivity index (χ3v) is 7.08. The van der Waals surface area contributed by atoms with Crippen LogP contribution in [0.4, 0.5) is 5.69 Å². The van der Waals surface area contributed by atoms with E-state index in [-0.39, 0.29) is 17.3 Å². The van der Waals surface area contributed by atoms with Crippen LogP contribution in [-0.2, 0) is 26.2 Å². The molecule has 1 heterocycles. The van der Waals surface area contributed by atoms with Crippen LogP contribution < -0.4 is 15.4 Å². The van der Waals surface area contributed by atoms with Crippen LogP contribution in [0.25, 0.3) is 0 Å². The monoisotopic (exact) mass is 445 g/mol. The van der Waals surface area contributed by atoms with Crippen LogP contribution in [0.15, 0.2) is 41.3 Å². The number of likely N-dealkylation sites (N-methyl/N-ethyl adjacent to an activating group) is 1. The second-order valence-corrected chi connectivity index (χ2v) is 9.65. The highest BCUT2D eigenvalue weighted by molar-refractivity contribution is 7.89. The van der Waals surface area contributed by atoms with Crippen molar-refractivity contribution >= 4 is 27.5 Å². The quantitative estimate of drug-likeness (QED) is 0.681. The average Bonchev–Trinajstić information content (AvgIpc) is 2.72. The number of carbonyl (C=O) groups excluding carboxylic acids is 2. The number of nitrogens with one attached hydrogen (secondary N) is 2. The number of rotatable bonds is 7. The van der Waals surface area contributed by atoms with Crippen LogP contribution in [0.3, 0.4) is 0 Å². The molecule has 166 valence electrons. The van der Waals surface area contributed by atoms with Gasteiger partial charge in [0.2, 0.25) is 15.9 Å². The summed E-state index contributed by atoms with van der Waals surface area (Å²) in [7, 11) is -2.59. The van der Waals surface area contributed by atoms with E-state index in [1.807, 2.05) is 38.1 Å². The third kappa shape index (κ3) is 5.05. The largest absolute Gasteiger partial charge is 0.478 e. The van der Waals surface area contributed by atoms with E-state index in [0.717, 1.165) is 15.4 Å². The number of nitrogens with zero attached hydrogens (tertiary/aromatic N) is 1. The summed E-state index contributed by atoms with van der Waals surface area (Å²) in [5.41, 5.74) is 2.93. The molecule has 8 nitrogen and oxygen atoms in total.